The Morgan fingerprint density at radius 1 is 0.526 bits per heavy atom. The van der Waals surface area contributed by atoms with E-state index in [1.165, 1.54) is 55.8 Å². The molecule has 0 unspecified atom stereocenters. The maximum atomic E-state index is 3.96. The maximum Gasteiger partial charge on any atom is 0.0876 e. The number of fused-ring (bicyclic) bond motifs is 7. The number of hydrogen-bond acceptors (Lipinski definition) is 1. The van der Waals surface area contributed by atoms with E-state index in [0.29, 0.717) is 0 Å². The van der Waals surface area contributed by atoms with Crippen LogP contribution in [0.3, 0.4) is 0 Å². The number of anilines is 1. The second-order valence-corrected chi connectivity index (χ2v) is 9.84. The average molecular weight is 486 g/mol. The van der Waals surface area contributed by atoms with E-state index in [2.05, 4.69) is 145 Å². The minimum Gasteiger partial charge on any atom is -0.357 e. The lowest BCUT2D eigenvalue weighted by molar-refractivity contribution is 0.771. The summed E-state index contributed by atoms with van der Waals surface area (Å²) < 4.78 is 0. The third-order valence-electron chi connectivity index (χ3n) is 7.88. The third kappa shape index (κ3) is 3.19. The van der Waals surface area contributed by atoms with Crippen LogP contribution in [-0.4, -0.2) is 0 Å². The van der Waals surface area contributed by atoms with Gasteiger partial charge in [0.1, 0.15) is 0 Å². The fraction of sp³-hybridized carbons (Fsp3) is 0.0270. The molecule has 0 fully saturated rings. The molecule has 1 nitrogen and oxygen atoms in total. The summed E-state index contributed by atoms with van der Waals surface area (Å²) in [5.41, 5.74) is 13.2. The van der Waals surface area contributed by atoms with Crippen molar-refractivity contribution in [2.24, 2.45) is 0 Å². The van der Waals surface area contributed by atoms with Crippen LogP contribution in [0.1, 0.15) is 22.3 Å². The van der Waals surface area contributed by atoms with Crippen LogP contribution < -0.4 is 5.32 Å². The Kier molecular flexibility index (Phi) is 5.23. The average Bonchev–Trinajstić information content (AvgIpc) is 3.43. The van der Waals surface area contributed by atoms with E-state index < -0.39 is 5.41 Å². The highest BCUT2D eigenvalue weighted by Crippen LogP contribution is 2.61. The van der Waals surface area contributed by atoms with Crippen LogP contribution in [0.4, 0.5) is 5.69 Å². The molecule has 2 aliphatic carbocycles. The van der Waals surface area contributed by atoms with Gasteiger partial charge in [0, 0.05) is 17.0 Å². The van der Waals surface area contributed by atoms with Gasteiger partial charge in [-0.2, -0.15) is 0 Å². The molecule has 0 amide bonds. The molecular weight excluding hydrogens is 458 g/mol. The van der Waals surface area contributed by atoms with Crippen molar-refractivity contribution in [3.63, 3.8) is 0 Å². The van der Waals surface area contributed by atoms with Crippen LogP contribution >= 0.6 is 0 Å². The van der Waals surface area contributed by atoms with Crippen LogP contribution in [0.25, 0.3) is 27.8 Å². The quantitative estimate of drug-likeness (QED) is 0.245. The van der Waals surface area contributed by atoms with Gasteiger partial charge in [0.15, 0.2) is 0 Å². The zero-order valence-electron chi connectivity index (χ0n) is 21.1. The molecule has 1 N–H and O–H groups in total. The standard InChI is InChI=1S/C37H27N/c1-2-3-15-32-31-18-9-12-21-35(31)37(33-19-10-7-16-29(33)30-17-8-11-20-34(30)37)36(32)38-28-24-22-27(23-25-28)26-13-5-4-6-14-26/h2-25,38H,1H2/b15-3-. The molecule has 0 bridgehead atoms. The van der Waals surface area contributed by atoms with Gasteiger partial charge in [0.25, 0.3) is 0 Å². The monoisotopic (exact) mass is 485 g/mol. The Hall–Kier alpha value is -4.88. The van der Waals surface area contributed by atoms with E-state index in [-0.39, 0.29) is 0 Å². The normalized spacial score (nSPS) is 14.4. The molecule has 2 aliphatic rings. The van der Waals surface area contributed by atoms with Crippen molar-refractivity contribution in [1.82, 2.24) is 0 Å². The van der Waals surface area contributed by atoms with Gasteiger partial charge >= 0.3 is 0 Å². The molecule has 0 aromatic heterocycles. The minimum absolute atomic E-state index is 0.428. The molecule has 0 atom stereocenters. The molecule has 0 saturated heterocycles. The summed E-state index contributed by atoms with van der Waals surface area (Å²) in [5, 5.41) is 3.93. The molecular formula is C37H27N. The first-order chi connectivity index (χ1) is 18.8. The Morgan fingerprint density at radius 2 is 1.03 bits per heavy atom. The second kappa shape index (κ2) is 8.90. The zero-order valence-corrected chi connectivity index (χ0v) is 21.1. The van der Waals surface area contributed by atoms with E-state index in [0.717, 1.165) is 5.69 Å². The van der Waals surface area contributed by atoms with Crippen molar-refractivity contribution >= 4 is 11.3 Å². The number of benzene rings is 5. The lowest BCUT2D eigenvalue weighted by atomic mass is 9.72. The van der Waals surface area contributed by atoms with Crippen LogP contribution in [-0.2, 0) is 5.41 Å². The Morgan fingerprint density at radius 3 is 1.63 bits per heavy atom. The third-order valence-corrected chi connectivity index (χ3v) is 7.88. The van der Waals surface area contributed by atoms with E-state index in [1.54, 1.807) is 0 Å². The Balaban J connectivity index is 1.47. The van der Waals surface area contributed by atoms with Crippen molar-refractivity contribution in [2.75, 3.05) is 5.32 Å². The highest BCUT2D eigenvalue weighted by atomic mass is 14.9. The molecule has 1 heteroatoms. The molecule has 0 saturated carbocycles. The summed E-state index contributed by atoms with van der Waals surface area (Å²) in [7, 11) is 0. The summed E-state index contributed by atoms with van der Waals surface area (Å²) in [4.78, 5) is 0. The van der Waals surface area contributed by atoms with E-state index >= 15 is 0 Å². The fourth-order valence-corrected chi connectivity index (χ4v) is 6.33. The summed E-state index contributed by atoms with van der Waals surface area (Å²) in [6.07, 6.45) is 6.09. The van der Waals surface area contributed by atoms with Gasteiger partial charge in [0.2, 0.25) is 0 Å². The molecule has 0 radical (unpaired) electrons. The van der Waals surface area contributed by atoms with Crippen LogP contribution in [0.15, 0.2) is 158 Å². The first-order valence-electron chi connectivity index (χ1n) is 13.1. The smallest absolute Gasteiger partial charge is 0.0876 e. The predicted octanol–water partition coefficient (Wildman–Crippen LogP) is 9.25. The van der Waals surface area contributed by atoms with Crippen molar-refractivity contribution < 1.29 is 0 Å². The number of rotatable bonds is 5. The highest BCUT2D eigenvalue weighted by molar-refractivity contribution is 5.98. The van der Waals surface area contributed by atoms with Gasteiger partial charge < -0.3 is 5.32 Å². The van der Waals surface area contributed by atoms with E-state index in [1.807, 2.05) is 12.2 Å². The number of nitrogens with one attached hydrogen (secondary N) is 1. The van der Waals surface area contributed by atoms with Crippen molar-refractivity contribution in [2.45, 2.75) is 5.41 Å². The molecule has 1 spiro atoms. The van der Waals surface area contributed by atoms with Crippen molar-refractivity contribution in [1.29, 1.82) is 0 Å². The second-order valence-electron chi connectivity index (χ2n) is 9.84. The largest absolute Gasteiger partial charge is 0.357 e. The lowest BCUT2D eigenvalue weighted by Crippen LogP contribution is -2.31. The SMILES string of the molecule is C=C/C=C\C1=C(Nc2ccc(-c3ccccc3)cc2)C2(c3ccccc31)c1ccccc1-c1ccccc12. The van der Waals surface area contributed by atoms with Crippen LogP contribution in [0, 0.1) is 0 Å². The first kappa shape index (κ1) is 22.3. The molecule has 5 aromatic carbocycles. The fourth-order valence-electron chi connectivity index (χ4n) is 6.33. The lowest BCUT2D eigenvalue weighted by Gasteiger charge is -2.33. The molecule has 0 heterocycles. The van der Waals surface area contributed by atoms with Gasteiger partial charge in [-0.3, -0.25) is 0 Å². The van der Waals surface area contributed by atoms with Gasteiger partial charge in [-0.15, -0.1) is 0 Å². The van der Waals surface area contributed by atoms with Crippen molar-refractivity contribution in [3.05, 3.63) is 180 Å². The Labute approximate surface area is 224 Å². The molecule has 0 aliphatic heterocycles. The van der Waals surface area contributed by atoms with Gasteiger partial charge in [0.05, 0.1) is 5.41 Å². The predicted molar refractivity (Wildman–Crippen MR) is 160 cm³/mol. The van der Waals surface area contributed by atoms with E-state index in [9.17, 15) is 0 Å². The summed E-state index contributed by atoms with van der Waals surface area (Å²) in [5.74, 6) is 0. The zero-order chi connectivity index (χ0) is 25.5. The van der Waals surface area contributed by atoms with Crippen LogP contribution in [0.5, 0.6) is 0 Å². The topological polar surface area (TPSA) is 12.0 Å². The number of allylic oxidation sites excluding steroid dienone is 5. The maximum absolute atomic E-state index is 3.96. The van der Waals surface area contributed by atoms with Gasteiger partial charge in [-0.25, -0.2) is 0 Å². The molecule has 5 aromatic rings. The Bertz CT molecular complexity index is 1690. The highest BCUT2D eigenvalue weighted by Gasteiger charge is 2.52. The van der Waals surface area contributed by atoms with Crippen molar-refractivity contribution in [3.8, 4) is 22.3 Å². The summed E-state index contributed by atoms with van der Waals surface area (Å²) in [6, 6.07) is 45.9. The molecule has 180 valence electrons. The van der Waals surface area contributed by atoms with Gasteiger partial charge in [-0.05, 0) is 56.6 Å². The first-order valence-corrected chi connectivity index (χ1v) is 13.1. The molecule has 7 rings (SSSR count). The summed E-state index contributed by atoms with van der Waals surface area (Å²) >= 11 is 0. The number of hydrogen-bond donors (Lipinski definition) is 1. The molecule has 38 heavy (non-hydrogen) atoms. The minimum atomic E-state index is -0.428. The van der Waals surface area contributed by atoms with Crippen LogP contribution in [0.2, 0.25) is 0 Å². The van der Waals surface area contributed by atoms with Gasteiger partial charge in [-0.1, -0.05) is 140 Å². The van der Waals surface area contributed by atoms with E-state index in [4.69, 9.17) is 0 Å². The summed E-state index contributed by atoms with van der Waals surface area (Å²) in [6.45, 7) is 3.96.